The average Bonchev–Trinajstić information content (AvgIpc) is 2.43. The normalized spacial score (nSPS) is 13.4. The van der Waals surface area contributed by atoms with Crippen LogP contribution < -0.4 is 5.32 Å². The number of carbonyl (C=O) groups is 2. The maximum absolute atomic E-state index is 11.5. The van der Waals surface area contributed by atoms with Crippen LogP contribution in [0.4, 0.5) is 0 Å². The molecule has 0 fully saturated rings. The lowest BCUT2D eigenvalue weighted by Crippen LogP contribution is -2.40. The molecule has 128 valence electrons. The van der Waals surface area contributed by atoms with Crippen molar-refractivity contribution >= 4 is 11.9 Å². The second-order valence-electron chi connectivity index (χ2n) is 5.65. The molecular weight excluding hydrogens is 286 g/mol. The van der Waals surface area contributed by atoms with Crippen LogP contribution in [0.5, 0.6) is 0 Å². The highest BCUT2D eigenvalue weighted by molar-refractivity contribution is 5.77. The maximum Gasteiger partial charge on any atom is 0.308 e. The number of unbranched alkanes of at least 4 members (excludes halogenated alkanes) is 1. The van der Waals surface area contributed by atoms with E-state index >= 15 is 0 Å². The Morgan fingerprint density at radius 3 is 2.36 bits per heavy atom. The van der Waals surface area contributed by atoms with Crippen molar-refractivity contribution in [3.8, 4) is 0 Å². The first-order valence-corrected chi connectivity index (χ1v) is 7.75. The van der Waals surface area contributed by atoms with Gasteiger partial charge in [-0.1, -0.05) is 33.8 Å². The van der Waals surface area contributed by atoms with E-state index in [2.05, 4.69) is 11.9 Å². The number of hydrogen-bond donors (Lipinski definition) is 2. The minimum atomic E-state index is -0.766. The second-order valence-corrected chi connectivity index (χ2v) is 5.65. The molecule has 0 aliphatic rings. The van der Waals surface area contributed by atoms with Crippen LogP contribution in [0.2, 0.25) is 0 Å². The Hall–Kier alpha value is -1.56. The number of rotatable bonds is 11. The summed E-state index contributed by atoms with van der Waals surface area (Å²) in [6.07, 6.45) is 1.89. The predicted molar refractivity (Wildman–Crippen MR) is 83.8 cm³/mol. The fourth-order valence-electron chi connectivity index (χ4n) is 1.87. The predicted octanol–water partition coefficient (Wildman–Crippen LogP) is 2.12. The van der Waals surface area contributed by atoms with Gasteiger partial charge in [-0.2, -0.15) is 0 Å². The molecular formula is C16H29NO5. The largest absolute Gasteiger partial charge is 0.458 e. The average molecular weight is 315 g/mol. The molecule has 2 atom stereocenters. The van der Waals surface area contributed by atoms with Crippen molar-refractivity contribution in [1.29, 1.82) is 0 Å². The van der Waals surface area contributed by atoms with Crippen LogP contribution >= 0.6 is 0 Å². The van der Waals surface area contributed by atoms with Gasteiger partial charge in [0.2, 0.25) is 12.2 Å². The minimum absolute atomic E-state index is 0.298. The molecule has 0 rings (SSSR count). The van der Waals surface area contributed by atoms with Gasteiger partial charge in [0, 0.05) is 13.3 Å². The molecule has 0 aliphatic heterocycles. The lowest BCUT2D eigenvalue weighted by molar-refractivity contribution is -0.169. The topological polar surface area (TPSA) is 84.9 Å². The third-order valence-electron chi connectivity index (χ3n) is 2.92. The van der Waals surface area contributed by atoms with Gasteiger partial charge in [-0.25, -0.2) is 0 Å². The van der Waals surface area contributed by atoms with Crippen LogP contribution in [0, 0.1) is 5.92 Å². The molecule has 0 aromatic rings. The highest BCUT2D eigenvalue weighted by atomic mass is 16.7. The molecule has 22 heavy (non-hydrogen) atoms. The van der Waals surface area contributed by atoms with E-state index in [0.29, 0.717) is 24.5 Å². The number of amides is 1. The van der Waals surface area contributed by atoms with Gasteiger partial charge in [0.1, 0.15) is 12.4 Å². The van der Waals surface area contributed by atoms with Gasteiger partial charge in [-0.3, -0.25) is 9.59 Å². The second kappa shape index (κ2) is 11.1. The lowest BCUT2D eigenvalue weighted by atomic mass is 10.0. The number of nitrogens with one attached hydrogen (secondary N) is 1. The van der Waals surface area contributed by atoms with Crippen molar-refractivity contribution in [2.75, 3.05) is 6.61 Å². The number of carbonyl (C=O) groups excluding carboxylic acids is 2. The summed E-state index contributed by atoms with van der Waals surface area (Å²) in [7, 11) is 0. The third kappa shape index (κ3) is 9.39. The number of esters is 1. The molecule has 0 aromatic heterocycles. The molecule has 0 aromatic carbocycles. The maximum atomic E-state index is 11.5. The molecule has 0 spiro atoms. The Bertz CT molecular complexity index is 368. The Labute approximate surface area is 132 Å². The fraction of sp³-hybridized carbons (Fsp3) is 0.750. The molecule has 6 nitrogen and oxygen atoms in total. The first kappa shape index (κ1) is 20.4. The van der Waals surface area contributed by atoms with Gasteiger partial charge in [0.25, 0.3) is 0 Å². The number of aliphatic hydroxyl groups excluding tert-OH is 1. The van der Waals surface area contributed by atoms with E-state index in [-0.39, 0.29) is 5.97 Å². The van der Waals surface area contributed by atoms with Crippen LogP contribution in [0.1, 0.15) is 53.4 Å². The van der Waals surface area contributed by atoms with Crippen LogP contribution in [-0.2, 0) is 19.1 Å². The third-order valence-corrected chi connectivity index (χ3v) is 2.92. The highest BCUT2D eigenvalue weighted by Gasteiger charge is 2.21. The number of hydrogen-bond acceptors (Lipinski definition) is 5. The SMILES string of the molecule is C=C(OC(C)OC(=O)CCCC)C(CC(C)C)NC(=O)CO. The summed E-state index contributed by atoms with van der Waals surface area (Å²) in [5, 5.41) is 11.5. The van der Waals surface area contributed by atoms with Gasteiger partial charge in [-0.05, 0) is 18.8 Å². The van der Waals surface area contributed by atoms with E-state index in [9.17, 15) is 9.59 Å². The molecule has 0 bridgehead atoms. The van der Waals surface area contributed by atoms with Crippen LogP contribution in [0.25, 0.3) is 0 Å². The van der Waals surface area contributed by atoms with Gasteiger partial charge in [-0.15, -0.1) is 0 Å². The quantitative estimate of drug-likeness (QED) is 0.346. The van der Waals surface area contributed by atoms with Crippen LogP contribution in [0.3, 0.4) is 0 Å². The summed E-state index contributed by atoms with van der Waals surface area (Å²) in [4.78, 5) is 22.9. The van der Waals surface area contributed by atoms with E-state index in [1.165, 1.54) is 0 Å². The smallest absolute Gasteiger partial charge is 0.308 e. The first-order chi connectivity index (χ1) is 10.3. The van der Waals surface area contributed by atoms with E-state index in [1.807, 2.05) is 20.8 Å². The standard InChI is InChI=1S/C16H29NO5/c1-6-7-8-16(20)22-13(5)21-12(4)14(9-11(2)3)17-15(19)10-18/h11,13-14,18H,4,6-10H2,1-3,5H3,(H,17,19). The summed E-state index contributed by atoms with van der Waals surface area (Å²) >= 11 is 0. The monoisotopic (exact) mass is 315 g/mol. The van der Waals surface area contributed by atoms with E-state index in [1.54, 1.807) is 6.92 Å². The zero-order valence-electron chi connectivity index (χ0n) is 14.1. The molecule has 0 saturated carbocycles. The molecule has 0 aliphatic carbocycles. The zero-order valence-corrected chi connectivity index (χ0v) is 14.1. The van der Waals surface area contributed by atoms with E-state index in [4.69, 9.17) is 14.6 Å². The van der Waals surface area contributed by atoms with E-state index < -0.39 is 24.8 Å². The summed E-state index contributed by atoms with van der Waals surface area (Å²) in [5.41, 5.74) is 0. The van der Waals surface area contributed by atoms with Crippen molar-refractivity contribution < 1.29 is 24.2 Å². The molecule has 2 N–H and O–H groups in total. The van der Waals surface area contributed by atoms with E-state index in [0.717, 1.165) is 12.8 Å². The Kier molecular flexibility index (Phi) is 10.3. The lowest BCUT2D eigenvalue weighted by Gasteiger charge is -2.25. The van der Waals surface area contributed by atoms with Gasteiger partial charge in [0.15, 0.2) is 0 Å². The Balaban J connectivity index is 4.46. The summed E-state index contributed by atoms with van der Waals surface area (Å²) in [6, 6.07) is -0.434. The number of aliphatic hydroxyl groups is 1. The zero-order chi connectivity index (χ0) is 17.1. The molecule has 6 heteroatoms. The molecule has 1 amide bonds. The Morgan fingerprint density at radius 2 is 1.86 bits per heavy atom. The van der Waals surface area contributed by atoms with Crippen LogP contribution in [-0.4, -0.2) is 35.9 Å². The van der Waals surface area contributed by atoms with Crippen molar-refractivity contribution in [2.45, 2.75) is 65.7 Å². The fourth-order valence-corrected chi connectivity index (χ4v) is 1.87. The molecule has 2 unspecified atom stereocenters. The molecule has 0 saturated heterocycles. The summed E-state index contributed by atoms with van der Waals surface area (Å²) in [5.74, 6) is -0.206. The van der Waals surface area contributed by atoms with Gasteiger partial charge >= 0.3 is 5.97 Å². The van der Waals surface area contributed by atoms with Crippen molar-refractivity contribution in [3.63, 3.8) is 0 Å². The first-order valence-electron chi connectivity index (χ1n) is 7.75. The highest BCUT2D eigenvalue weighted by Crippen LogP contribution is 2.15. The van der Waals surface area contributed by atoms with Gasteiger partial charge in [0.05, 0.1) is 6.04 Å². The van der Waals surface area contributed by atoms with Gasteiger partial charge < -0.3 is 19.9 Å². The summed E-state index contributed by atoms with van der Waals surface area (Å²) < 4.78 is 10.6. The molecule has 0 radical (unpaired) electrons. The Morgan fingerprint density at radius 1 is 1.23 bits per heavy atom. The molecule has 0 heterocycles. The van der Waals surface area contributed by atoms with Crippen LogP contribution in [0.15, 0.2) is 12.3 Å². The van der Waals surface area contributed by atoms with Crippen molar-refractivity contribution in [2.24, 2.45) is 5.92 Å². The summed E-state index contributed by atoms with van der Waals surface area (Å²) in [6.45, 7) is 10.8. The van der Waals surface area contributed by atoms with Crippen molar-refractivity contribution in [1.82, 2.24) is 5.32 Å². The number of ether oxygens (including phenoxy) is 2. The minimum Gasteiger partial charge on any atom is -0.458 e. The van der Waals surface area contributed by atoms with Crippen molar-refractivity contribution in [3.05, 3.63) is 12.3 Å².